The minimum Gasteiger partial charge on any atom is -0.390 e. The van der Waals surface area contributed by atoms with Crippen LogP contribution in [0.25, 0.3) is 0 Å². The Balaban J connectivity index is 1.88. The molecule has 1 heterocycles. The quantitative estimate of drug-likeness (QED) is 0.117. The summed E-state index contributed by atoms with van der Waals surface area (Å²) in [5, 5.41) is 9.39. The molecule has 1 aliphatic heterocycles. The summed E-state index contributed by atoms with van der Waals surface area (Å²) in [6.07, 6.45) is 28.0. The van der Waals surface area contributed by atoms with Crippen molar-refractivity contribution in [2.75, 3.05) is 32.8 Å². The molecular weight excluding hydrogens is 368 g/mol. The van der Waals surface area contributed by atoms with Crippen LogP contribution in [0.3, 0.4) is 0 Å². The van der Waals surface area contributed by atoms with Crippen molar-refractivity contribution in [1.82, 2.24) is 0 Å². The summed E-state index contributed by atoms with van der Waals surface area (Å²) in [5.74, 6) is 1.34. The van der Waals surface area contributed by atoms with Crippen LogP contribution in [0.4, 0.5) is 0 Å². The van der Waals surface area contributed by atoms with Crippen molar-refractivity contribution in [1.29, 1.82) is 0 Å². The van der Waals surface area contributed by atoms with E-state index in [-0.39, 0.29) is 6.61 Å². The summed E-state index contributed by atoms with van der Waals surface area (Å²) in [6.45, 7) is 8.74. The number of unbranched alkanes of at least 4 members (excludes halogenated alkanes) is 14. The molecule has 3 nitrogen and oxygen atoms in total. The maximum atomic E-state index is 9.39. The fraction of sp³-hybridized carbons (Fsp3) is 0.889. The summed E-state index contributed by atoms with van der Waals surface area (Å²) < 4.78 is 0.936. The van der Waals surface area contributed by atoms with Gasteiger partial charge in [-0.3, -0.25) is 4.48 Å². The average molecular weight is 422 g/mol. The van der Waals surface area contributed by atoms with Gasteiger partial charge in [0.1, 0.15) is 13.1 Å². The molecule has 1 N–H and O–H groups in total. The third kappa shape index (κ3) is 12.2. The molecule has 1 rings (SSSR count). The number of aliphatic hydroxyl groups excluding tert-OH is 1. The molecular formula is C27H53N2O+. The summed E-state index contributed by atoms with van der Waals surface area (Å²) >= 11 is 0. The van der Waals surface area contributed by atoms with Crippen LogP contribution in [0.1, 0.15) is 123 Å². The molecule has 0 radical (unpaired) electrons. The molecule has 1 aliphatic rings. The van der Waals surface area contributed by atoms with E-state index in [4.69, 9.17) is 4.99 Å². The van der Waals surface area contributed by atoms with Crippen molar-refractivity contribution in [2.24, 2.45) is 4.99 Å². The molecule has 1 atom stereocenters. The van der Waals surface area contributed by atoms with E-state index in [9.17, 15) is 5.11 Å². The normalized spacial score (nSPS) is 19.1. The standard InChI is InChI=1S/C27H53N2O/c1-3-5-6-7-8-9-10-11-12-13-14-15-16-17-18-19-20-21-22-27-28-23-24-29(27,4-2)25-26-30/h17-18,30H,3-16,19-26H2,1-2H3/q+1/b18-17+. The Labute approximate surface area is 188 Å². The van der Waals surface area contributed by atoms with Crippen LogP contribution < -0.4 is 0 Å². The molecule has 0 aliphatic carbocycles. The highest BCUT2D eigenvalue weighted by Gasteiger charge is 2.35. The topological polar surface area (TPSA) is 32.6 Å². The second kappa shape index (κ2) is 19.0. The summed E-state index contributed by atoms with van der Waals surface area (Å²) in [6, 6.07) is 0. The van der Waals surface area contributed by atoms with Crippen LogP contribution in [-0.4, -0.2) is 48.2 Å². The molecule has 0 saturated heterocycles. The van der Waals surface area contributed by atoms with Crippen molar-refractivity contribution < 1.29 is 9.59 Å². The number of aliphatic hydroxyl groups is 1. The first-order valence-electron chi connectivity index (χ1n) is 13.4. The number of quaternary nitrogens is 1. The molecule has 0 aromatic heterocycles. The Morgan fingerprint density at radius 3 is 1.83 bits per heavy atom. The van der Waals surface area contributed by atoms with E-state index in [1.165, 1.54) is 109 Å². The second-order valence-corrected chi connectivity index (χ2v) is 9.33. The van der Waals surface area contributed by atoms with Gasteiger partial charge in [0.25, 0.3) is 0 Å². The van der Waals surface area contributed by atoms with Crippen molar-refractivity contribution >= 4 is 5.84 Å². The van der Waals surface area contributed by atoms with Gasteiger partial charge in [0.05, 0.1) is 19.7 Å². The summed E-state index contributed by atoms with van der Waals surface area (Å²) in [7, 11) is 0. The van der Waals surface area contributed by atoms with E-state index < -0.39 is 0 Å². The average Bonchev–Trinajstić information content (AvgIpc) is 3.16. The fourth-order valence-corrected chi connectivity index (χ4v) is 4.78. The molecule has 0 aromatic rings. The van der Waals surface area contributed by atoms with E-state index in [1.807, 2.05) is 0 Å². The molecule has 0 fully saturated rings. The van der Waals surface area contributed by atoms with Gasteiger partial charge in [0.15, 0.2) is 5.84 Å². The van der Waals surface area contributed by atoms with Gasteiger partial charge < -0.3 is 5.11 Å². The number of likely N-dealkylation sites (N-methyl/N-ethyl adjacent to an activating group) is 1. The van der Waals surface area contributed by atoms with Gasteiger partial charge in [-0.25, -0.2) is 4.99 Å². The van der Waals surface area contributed by atoms with Crippen molar-refractivity contribution in [3.05, 3.63) is 12.2 Å². The Bertz CT molecular complexity index is 446. The minimum absolute atomic E-state index is 0.273. The summed E-state index contributed by atoms with van der Waals surface area (Å²) in [4.78, 5) is 4.75. The van der Waals surface area contributed by atoms with E-state index >= 15 is 0 Å². The van der Waals surface area contributed by atoms with Crippen LogP contribution in [0.2, 0.25) is 0 Å². The van der Waals surface area contributed by atoms with Crippen molar-refractivity contribution in [2.45, 2.75) is 123 Å². The van der Waals surface area contributed by atoms with Crippen molar-refractivity contribution in [3.63, 3.8) is 0 Å². The molecule has 30 heavy (non-hydrogen) atoms. The fourth-order valence-electron chi connectivity index (χ4n) is 4.78. The first-order valence-corrected chi connectivity index (χ1v) is 13.4. The Kier molecular flexibility index (Phi) is 17.4. The zero-order valence-corrected chi connectivity index (χ0v) is 20.6. The highest BCUT2D eigenvalue weighted by molar-refractivity contribution is 5.76. The predicted molar refractivity (Wildman–Crippen MR) is 133 cm³/mol. The van der Waals surface area contributed by atoms with Gasteiger partial charge in [-0.05, 0) is 39.0 Å². The van der Waals surface area contributed by atoms with Crippen LogP contribution >= 0.6 is 0 Å². The van der Waals surface area contributed by atoms with E-state index in [0.29, 0.717) is 0 Å². The van der Waals surface area contributed by atoms with E-state index in [0.717, 1.165) is 37.1 Å². The van der Waals surface area contributed by atoms with E-state index in [2.05, 4.69) is 26.0 Å². The Morgan fingerprint density at radius 2 is 1.30 bits per heavy atom. The second-order valence-electron chi connectivity index (χ2n) is 9.33. The van der Waals surface area contributed by atoms with Crippen molar-refractivity contribution in [3.8, 4) is 0 Å². The number of rotatable bonds is 21. The maximum absolute atomic E-state index is 9.39. The zero-order chi connectivity index (χ0) is 21.8. The molecule has 3 heteroatoms. The lowest BCUT2D eigenvalue weighted by Crippen LogP contribution is -2.52. The molecule has 0 amide bonds. The highest BCUT2D eigenvalue weighted by atomic mass is 16.3. The molecule has 0 bridgehead atoms. The third-order valence-electron chi connectivity index (χ3n) is 6.92. The van der Waals surface area contributed by atoms with Gasteiger partial charge in [0.2, 0.25) is 0 Å². The Hall–Kier alpha value is -0.670. The number of nitrogens with zero attached hydrogens (tertiary/aromatic N) is 2. The molecule has 1 unspecified atom stereocenters. The van der Waals surface area contributed by atoms with Crippen LogP contribution in [0.15, 0.2) is 17.1 Å². The number of hydrogen-bond acceptors (Lipinski definition) is 2. The highest BCUT2D eigenvalue weighted by Crippen LogP contribution is 2.19. The monoisotopic (exact) mass is 421 g/mol. The Morgan fingerprint density at radius 1 is 0.767 bits per heavy atom. The van der Waals surface area contributed by atoms with Crippen LogP contribution in [-0.2, 0) is 0 Å². The predicted octanol–water partition coefficient (Wildman–Crippen LogP) is 7.44. The zero-order valence-electron chi connectivity index (χ0n) is 20.6. The van der Waals surface area contributed by atoms with Gasteiger partial charge in [0, 0.05) is 6.42 Å². The molecule has 0 spiro atoms. The lowest BCUT2D eigenvalue weighted by Gasteiger charge is -2.33. The minimum atomic E-state index is 0.273. The number of aliphatic imine (C=N–C) groups is 1. The summed E-state index contributed by atoms with van der Waals surface area (Å²) in [5.41, 5.74) is 0. The number of allylic oxidation sites excluding steroid dienone is 2. The van der Waals surface area contributed by atoms with Gasteiger partial charge in [-0.2, -0.15) is 0 Å². The number of amidine groups is 1. The van der Waals surface area contributed by atoms with Crippen LogP contribution in [0.5, 0.6) is 0 Å². The first kappa shape index (κ1) is 27.4. The number of hydrogen-bond donors (Lipinski definition) is 1. The maximum Gasteiger partial charge on any atom is 0.198 e. The van der Waals surface area contributed by atoms with Gasteiger partial charge in [-0.15, -0.1) is 0 Å². The SMILES string of the molecule is CCCCCCCCCCCCCC/C=C/CCCCC1=NCC[N+]1(CC)CCO. The lowest BCUT2D eigenvalue weighted by atomic mass is 10.0. The lowest BCUT2D eigenvalue weighted by molar-refractivity contribution is -0.835. The van der Waals surface area contributed by atoms with E-state index in [1.54, 1.807) is 0 Å². The van der Waals surface area contributed by atoms with Gasteiger partial charge >= 0.3 is 0 Å². The molecule has 176 valence electrons. The third-order valence-corrected chi connectivity index (χ3v) is 6.92. The smallest absolute Gasteiger partial charge is 0.198 e. The van der Waals surface area contributed by atoms with Gasteiger partial charge in [-0.1, -0.05) is 89.7 Å². The molecule has 0 saturated carbocycles. The first-order chi connectivity index (χ1) is 14.8. The largest absolute Gasteiger partial charge is 0.390 e. The molecule has 0 aromatic carbocycles. The van der Waals surface area contributed by atoms with Crippen LogP contribution in [0, 0.1) is 0 Å².